The second kappa shape index (κ2) is 12.6. The fraction of sp³-hybridized carbons (Fsp3) is 0.762. The van der Waals surface area contributed by atoms with Gasteiger partial charge in [0.1, 0.15) is 0 Å². The number of guanidine groups is 1. The average Bonchev–Trinajstić information content (AvgIpc) is 2.78. The Hall–Kier alpha value is -1.20. The highest BCUT2D eigenvalue weighted by Gasteiger charge is 2.28. The summed E-state index contributed by atoms with van der Waals surface area (Å²) in [7, 11) is 1.85. The van der Waals surface area contributed by atoms with E-state index in [0.717, 1.165) is 57.7 Å². The Kier molecular flexibility index (Phi) is 10.5. The molecule has 0 bridgehead atoms. The quantitative estimate of drug-likeness (QED) is 0.316. The van der Waals surface area contributed by atoms with E-state index >= 15 is 0 Å². The van der Waals surface area contributed by atoms with Gasteiger partial charge in [-0.2, -0.15) is 0 Å². The molecule has 2 aliphatic heterocycles. The van der Waals surface area contributed by atoms with Crippen molar-refractivity contribution in [3.8, 4) is 0 Å². The molecule has 30 heavy (non-hydrogen) atoms. The number of hydrogen-bond acceptors (Lipinski definition) is 6. The molecular formula is C21H39IN8. The highest BCUT2D eigenvalue weighted by Crippen LogP contribution is 2.19. The minimum Gasteiger partial charge on any atom is -0.355 e. The number of halogens is 1. The largest absolute Gasteiger partial charge is 0.355 e. The third kappa shape index (κ3) is 7.49. The van der Waals surface area contributed by atoms with Gasteiger partial charge in [0.2, 0.25) is 5.95 Å². The van der Waals surface area contributed by atoms with Gasteiger partial charge in [-0.25, -0.2) is 9.97 Å². The molecule has 1 aromatic rings. The number of aromatic nitrogens is 2. The minimum atomic E-state index is 0. The van der Waals surface area contributed by atoms with Crippen LogP contribution in [-0.2, 0) is 0 Å². The molecule has 0 atom stereocenters. The molecule has 0 aromatic carbocycles. The number of rotatable bonds is 7. The summed E-state index contributed by atoms with van der Waals surface area (Å²) in [6.45, 7) is 13.9. The normalized spacial score (nSPS) is 19.3. The molecule has 2 saturated heterocycles. The summed E-state index contributed by atoms with van der Waals surface area (Å²) in [6, 6.07) is 1.86. The van der Waals surface area contributed by atoms with E-state index in [-0.39, 0.29) is 29.5 Å². The topological polar surface area (TPSA) is 71.9 Å². The van der Waals surface area contributed by atoms with Crippen molar-refractivity contribution in [3.63, 3.8) is 0 Å². The van der Waals surface area contributed by atoms with Gasteiger partial charge >= 0.3 is 0 Å². The highest BCUT2D eigenvalue weighted by molar-refractivity contribution is 14.0. The van der Waals surface area contributed by atoms with E-state index in [1.807, 2.05) is 25.5 Å². The van der Waals surface area contributed by atoms with E-state index in [1.165, 1.54) is 32.4 Å². The van der Waals surface area contributed by atoms with Crippen LogP contribution < -0.4 is 15.5 Å². The smallest absolute Gasteiger partial charge is 0.225 e. The number of anilines is 1. The van der Waals surface area contributed by atoms with Crippen LogP contribution in [0.2, 0.25) is 0 Å². The summed E-state index contributed by atoms with van der Waals surface area (Å²) in [6.07, 6.45) is 7.63. The van der Waals surface area contributed by atoms with Crippen molar-refractivity contribution in [2.45, 2.75) is 38.6 Å². The monoisotopic (exact) mass is 530 g/mol. The van der Waals surface area contributed by atoms with Crippen molar-refractivity contribution in [1.82, 2.24) is 30.4 Å². The fourth-order valence-corrected chi connectivity index (χ4v) is 4.09. The van der Waals surface area contributed by atoms with Crippen LogP contribution in [0.4, 0.5) is 5.95 Å². The summed E-state index contributed by atoms with van der Waals surface area (Å²) < 4.78 is 0. The fourth-order valence-electron chi connectivity index (χ4n) is 4.09. The van der Waals surface area contributed by atoms with Crippen LogP contribution in [0, 0.1) is 0 Å². The van der Waals surface area contributed by atoms with Crippen molar-refractivity contribution >= 4 is 35.9 Å². The van der Waals surface area contributed by atoms with Crippen molar-refractivity contribution in [2.24, 2.45) is 4.99 Å². The molecule has 8 nitrogen and oxygen atoms in total. The average molecular weight is 531 g/mol. The van der Waals surface area contributed by atoms with Crippen molar-refractivity contribution in [1.29, 1.82) is 0 Å². The molecule has 0 radical (unpaired) electrons. The molecule has 2 aliphatic rings. The Balaban J connectivity index is 0.00000320. The zero-order valence-corrected chi connectivity index (χ0v) is 21.1. The SMILES string of the molecule is CN=C(NCCN1CCN(c2ncccn2)CC1)NCC(C)(C)N1CCCCC1.I. The molecular weight excluding hydrogens is 491 g/mol. The van der Waals surface area contributed by atoms with E-state index in [1.54, 1.807) is 0 Å². The van der Waals surface area contributed by atoms with Crippen LogP contribution >= 0.6 is 24.0 Å². The molecule has 0 aliphatic carbocycles. The zero-order valence-electron chi connectivity index (χ0n) is 18.8. The van der Waals surface area contributed by atoms with Crippen LogP contribution in [-0.4, -0.2) is 97.2 Å². The predicted octanol–water partition coefficient (Wildman–Crippen LogP) is 1.65. The molecule has 1 aromatic heterocycles. The van der Waals surface area contributed by atoms with E-state index in [0.29, 0.717) is 0 Å². The third-order valence-electron chi connectivity index (χ3n) is 6.05. The summed E-state index contributed by atoms with van der Waals surface area (Å²) in [5.41, 5.74) is 0.147. The van der Waals surface area contributed by atoms with Gasteiger partial charge in [-0.05, 0) is 45.8 Å². The Morgan fingerprint density at radius 2 is 1.67 bits per heavy atom. The molecule has 0 spiro atoms. The second-order valence-corrected chi connectivity index (χ2v) is 8.59. The van der Waals surface area contributed by atoms with Gasteiger partial charge in [0.05, 0.1) is 0 Å². The second-order valence-electron chi connectivity index (χ2n) is 8.59. The minimum absolute atomic E-state index is 0. The van der Waals surface area contributed by atoms with Gasteiger partial charge in [-0.1, -0.05) is 6.42 Å². The lowest BCUT2D eigenvalue weighted by atomic mass is 9.98. The van der Waals surface area contributed by atoms with Crippen molar-refractivity contribution in [3.05, 3.63) is 18.5 Å². The lowest BCUT2D eigenvalue weighted by molar-refractivity contribution is 0.0982. The van der Waals surface area contributed by atoms with Crippen LogP contribution in [0.1, 0.15) is 33.1 Å². The van der Waals surface area contributed by atoms with E-state index in [9.17, 15) is 0 Å². The molecule has 2 fully saturated rings. The van der Waals surface area contributed by atoms with Gasteiger partial charge in [-0.15, -0.1) is 24.0 Å². The van der Waals surface area contributed by atoms with Crippen LogP contribution in [0.25, 0.3) is 0 Å². The number of nitrogens with one attached hydrogen (secondary N) is 2. The number of likely N-dealkylation sites (tertiary alicyclic amines) is 1. The summed E-state index contributed by atoms with van der Waals surface area (Å²) in [5, 5.41) is 7.00. The van der Waals surface area contributed by atoms with Crippen molar-refractivity contribution < 1.29 is 0 Å². The van der Waals surface area contributed by atoms with Crippen molar-refractivity contribution in [2.75, 3.05) is 70.9 Å². The van der Waals surface area contributed by atoms with E-state index < -0.39 is 0 Å². The number of hydrogen-bond donors (Lipinski definition) is 2. The maximum absolute atomic E-state index is 4.40. The Labute approximate surface area is 198 Å². The molecule has 3 heterocycles. The first-order valence-electron chi connectivity index (χ1n) is 11.0. The van der Waals surface area contributed by atoms with E-state index in [2.05, 4.69) is 54.1 Å². The zero-order chi connectivity index (χ0) is 20.5. The Bertz CT molecular complexity index is 625. The Morgan fingerprint density at radius 1 is 1.00 bits per heavy atom. The molecule has 9 heteroatoms. The van der Waals surface area contributed by atoms with Gasteiger partial charge in [0.15, 0.2) is 5.96 Å². The van der Waals surface area contributed by atoms with Crippen LogP contribution in [0.15, 0.2) is 23.5 Å². The maximum atomic E-state index is 4.40. The molecule has 2 N–H and O–H groups in total. The molecule has 3 rings (SSSR count). The molecule has 0 amide bonds. The molecule has 170 valence electrons. The van der Waals surface area contributed by atoms with Gasteiger partial charge in [0, 0.05) is 70.8 Å². The number of piperidine rings is 1. The summed E-state index contributed by atoms with van der Waals surface area (Å²) in [4.78, 5) is 20.5. The van der Waals surface area contributed by atoms with Gasteiger partial charge in [0.25, 0.3) is 0 Å². The standard InChI is InChI=1S/C21H38N8.HI/c1-21(2,29-11-5-4-6-12-29)18-26-19(22-3)23-10-13-27-14-16-28(17-15-27)20-24-8-7-9-25-20;/h7-9H,4-6,10-18H2,1-3H3,(H2,22,23,26);1H. The summed E-state index contributed by atoms with van der Waals surface area (Å²) >= 11 is 0. The first kappa shape index (κ1) is 25.1. The van der Waals surface area contributed by atoms with Crippen LogP contribution in [0.3, 0.4) is 0 Å². The van der Waals surface area contributed by atoms with E-state index in [4.69, 9.17) is 0 Å². The number of aliphatic imine (C=N–C) groups is 1. The highest BCUT2D eigenvalue weighted by atomic mass is 127. The lowest BCUT2D eigenvalue weighted by Crippen LogP contribution is -2.55. The number of piperazine rings is 1. The molecule has 0 saturated carbocycles. The number of nitrogens with zero attached hydrogens (tertiary/aromatic N) is 6. The first-order chi connectivity index (χ1) is 14.1. The van der Waals surface area contributed by atoms with Crippen LogP contribution in [0.5, 0.6) is 0 Å². The third-order valence-corrected chi connectivity index (χ3v) is 6.05. The molecule has 0 unspecified atom stereocenters. The van der Waals surface area contributed by atoms with Gasteiger partial charge < -0.3 is 15.5 Å². The summed E-state index contributed by atoms with van der Waals surface area (Å²) in [5.74, 6) is 1.73. The van der Waals surface area contributed by atoms with Gasteiger partial charge in [-0.3, -0.25) is 14.8 Å². The maximum Gasteiger partial charge on any atom is 0.225 e. The predicted molar refractivity (Wildman–Crippen MR) is 135 cm³/mol. The first-order valence-corrected chi connectivity index (χ1v) is 11.0. The lowest BCUT2D eigenvalue weighted by Gasteiger charge is -2.41. The Morgan fingerprint density at radius 3 is 2.30 bits per heavy atom.